The van der Waals surface area contributed by atoms with Gasteiger partial charge in [-0.05, 0) is 68.2 Å². The number of hydrogen-bond donors (Lipinski definition) is 1. The first kappa shape index (κ1) is 13.7. The van der Waals surface area contributed by atoms with Gasteiger partial charge in [0.2, 0.25) is 0 Å². The van der Waals surface area contributed by atoms with E-state index in [4.69, 9.17) is 0 Å². The zero-order valence-electron chi connectivity index (χ0n) is 12.7. The molecule has 2 atom stereocenters. The summed E-state index contributed by atoms with van der Waals surface area (Å²) in [7, 11) is 0. The lowest BCUT2D eigenvalue weighted by molar-refractivity contribution is 0.172. The second kappa shape index (κ2) is 5.69. The quantitative estimate of drug-likeness (QED) is 0.894. The van der Waals surface area contributed by atoms with Crippen LogP contribution >= 0.6 is 0 Å². The highest BCUT2D eigenvalue weighted by atomic mass is 19.1. The average Bonchev–Trinajstić information content (AvgIpc) is 2.99. The molecule has 21 heavy (non-hydrogen) atoms. The second-order valence-electron chi connectivity index (χ2n) is 7.05. The van der Waals surface area contributed by atoms with Crippen LogP contribution in [-0.4, -0.2) is 30.6 Å². The molecule has 2 fully saturated rings. The minimum Gasteiger partial charge on any atom is -0.313 e. The van der Waals surface area contributed by atoms with E-state index in [1.165, 1.54) is 37.8 Å². The van der Waals surface area contributed by atoms with Crippen molar-refractivity contribution in [2.45, 2.75) is 50.6 Å². The van der Waals surface area contributed by atoms with Gasteiger partial charge in [-0.15, -0.1) is 0 Å². The molecule has 1 saturated heterocycles. The van der Waals surface area contributed by atoms with Crippen molar-refractivity contribution < 1.29 is 4.39 Å². The summed E-state index contributed by atoms with van der Waals surface area (Å²) >= 11 is 0. The Labute approximate surface area is 126 Å². The molecule has 2 unspecified atom stereocenters. The molecule has 3 aliphatic rings. The van der Waals surface area contributed by atoms with Crippen molar-refractivity contribution in [3.63, 3.8) is 0 Å². The maximum Gasteiger partial charge on any atom is 0.126 e. The molecule has 0 radical (unpaired) electrons. The van der Waals surface area contributed by atoms with Crippen molar-refractivity contribution in [3.05, 3.63) is 35.1 Å². The number of benzene rings is 1. The summed E-state index contributed by atoms with van der Waals surface area (Å²) in [5.41, 5.74) is 2.23. The molecule has 1 heterocycles. The lowest BCUT2D eigenvalue weighted by Crippen LogP contribution is -2.40. The van der Waals surface area contributed by atoms with Gasteiger partial charge in [0.15, 0.2) is 0 Å². The van der Waals surface area contributed by atoms with Crippen molar-refractivity contribution in [2.75, 3.05) is 19.6 Å². The molecule has 2 nitrogen and oxygen atoms in total. The van der Waals surface area contributed by atoms with Gasteiger partial charge in [0.05, 0.1) is 0 Å². The van der Waals surface area contributed by atoms with Crippen LogP contribution in [0.3, 0.4) is 0 Å². The Balaban J connectivity index is 1.54. The fourth-order valence-corrected chi connectivity index (χ4v) is 4.12. The smallest absolute Gasteiger partial charge is 0.126 e. The van der Waals surface area contributed by atoms with Crippen molar-refractivity contribution in [2.24, 2.45) is 5.92 Å². The number of fused-ring (bicyclic) bond motifs is 1. The van der Waals surface area contributed by atoms with Crippen LogP contribution in [0.1, 0.15) is 49.3 Å². The maximum absolute atomic E-state index is 14.0. The zero-order valence-corrected chi connectivity index (χ0v) is 12.7. The van der Waals surface area contributed by atoms with Crippen LogP contribution in [0.25, 0.3) is 0 Å². The summed E-state index contributed by atoms with van der Waals surface area (Å²) in [6.07, 6.45) is 7.37. The number of hydrogen-bond acceptors (Lipinski definition) is 2. The molecule has 2 aliphatic carbocycles. The Hall–Kier alpha value is -0.930. The van der Waals surface area contributed by atoms with E-state index in [0.29, 0.717) is 12.1 Å². The molecule has 1 aliphatic heterocycles. The van der Waals surface area contributed by atoms with Crippen LogP contribution < -0.4 is 5.32 Å². The summed E-state index contributed by atoms with van der Waals surface area (Å²) < 4.78 is 14.0. The van der Waals surface area contributed by atoms with E-state index in [-0.39, 0.29) is 5.82 Å². The molecular weight excluding hydrogens is 263 g/mol. The number of nitrogens with one attached hydrogen (secondary N) is 1. The monoisotopic (exact) mass is 288 g/mol. The molecule has 1 aromatic carbocycles. The van der Waals surface area contributed by atoms with E-state index in [1.54, 1.807) is 6.07 Å². The predicted octanol–water partition coefficient (Wildman–Crippen LogP) is 3.28. The Morgan fingerprint density at radius 3 is 2.81 bits per heavy atom. The largest absolute Gasteiger partial charge is 0.313 e. The van der Waals surface area contributed by atoms with Gasteiger partial charge in [0.1, 0.15) is 5.82 Å². The first-order valence-electron chi connectivity index (χ1n) is 8.56. The van der Waals surface area contributed by atoms with E-state index >= 15 is 0 Å². The lowest BCUT2D eigenvalue weighted by atomic mass is 10.0. The molecule has 1 aromatic rings. The third kappa shape index (κ3) is 2.86. The summed E-state index contributed by atoms with van der Waals surface area (Å²) in [4.78, 5) is 2.66. The fourth-order valence-electron chi connectivity index (χ4n) is 4.12. The van der Waals surface area contributed by atoms with E-state index in [0.717, 1.165) is 37.4 Å². The standard InChI is InChI=1S/C18H25FN2/c19-17-5-1-4-16-15(17)8-9-18(16)21(11-13-6-7-13)12-14-3-2-10-20-14/h1,4-5,13-14,18,20H,2-3,6-12H2. The fraction of sp³-hybridized carbons (Fsp3) is 0.667. The first-order chi connectivity index (χ1) is 10.3. The highest BCUT2D eigenvalue weighted by Crippen LogP contribution is 2.40. The van der Waals surface area contributed by atoms with Gasteiger partial charge in [0.25, 0.3) is 0 Å². The minimum atomic E-state index is 0.000336. The van der Waals surface area contributed by atoms with Crippen molar-refractivity contribution in [3.8, 4) is 0 Å². The van der Waals surface area contributed by atoms with Crippen LogP contribution in [0.2, 0.25) is 0 Å². The highest BCUT2D eigenvalue weighted by molar-refractivity contribution is 5.35. The molecule has 1 N–H and O–H groups in total. The Bertz CT molecular complexity index is 506. The Morgan fingerprint density at radius 1 is 1.14 bits per heavy atom. The molecular formula is C18H25FN2. The predicted molar refractivity (Wildman–Crippen MR) is 82.8 cm³/mol. The van der Waals surface area contributed by atoms with Gasteiger partial charge in [-0.25, -0.2) is 4.39 Å². The number of halogens is 1. The normalized spacial score (nSPS) is 28.3. The van der Waals surface area contributed by atoms with Crippen molar-refractivity contribution in [1.82, 2.24) is 10.2 Å². The van der Waals surface area contributed by atoms with E-state index < -0.39 is 0 Å². The van der Waals surface area contributed by atoms with Crippen LogP contribution in [-0.2, 0) is 6.42 Å². The topological polar surface area (TPSA) is 15.3 Å². The van der Waals surface area contributed by atoms with Crippen molar-refractivity contribution >= 4 is 0 Å². The Kier molecular flexibility index (Phi) is 3.72. The van der Waals surface area contributed by atoms with Gasteiger partial charge >= 0.3 is 0 Å². The maximum atomic E-state index is 14.0. The highest BCUT2D eigenvalue weighted by Gasteiger charge is 2.34. The molecule has 4 rings (SSSR count). The van der Waals surface area contributed by atoms with E-state index in [9.17, 15) is 4.39 Å². The second-order valence-corrected chi connectivity index (χ2v) is 7.05. The molecule has 0 aromatic heterocycles. The van der Waals surface area contributed by atoms with Crippen molar-refractivity contribution in [1.29, 1.82) is 0 Å². The SMILES string of the molecule is Fc1cccc2c1CCC2N(CC1CC1)CC1CCCN1. The number of nitrogens with zero attached hydrogens (tertiary/aromatic N) is 1. The lowest BCUT2D eigenvalue weighted by Gasteiger charge is -2.32. The van der Waals surface area contributed by atoms with Gasteiger partial charge < -0.3 is 5.32 Å². The molecule has 114 valence electrons. The van der Waals surface area contributed by atoms with Crippen LogP contribution in [0.4, 0.5) is 4.39 Å². The summed E-state index contributed by atoms with van der Waals surface area (Å²) in [5, 5.41) is 3.62. The summed E-state index contributed by atoms with van der Waals surface area (Å²) in [6.45, 7) is 3.51. The zero-order chi connectivity index (χ0) is 14.2. The van der Waals surface area contributed by atoms with Gasteiger partial charge in [-0.2, -0.15) is 0 Å². The van der Waals surface area contributed by atoms with E-state index in [1.807, 2.05) is 6.07 Å². The summed E-state index contributed by atoms with van der Waals surface area (Å²) in [5.74, 6) is 0.893. The van der Waals surface area contributed by atoms with Gasteiger partial charge in [-0.3, -0.25) is 4.90 Å². The molecule has 0 bridgehead atoms. The van der Waals surface area contributed by atoms with Crippen LogP contribution in [0.15, 0.2) is 18.2 Å². The minimum absolute atomic E-state index is 0.000336. The van der Waals surface area contributed by atoms with Gasteiger partial charge in [-0.1, -0.05) is 12.1 Å². The molecule has 0 spiro atoms. The first-order valence-corrected chi connectivity index (χ1v) is 8.56. The number of rotatable bonds is 5. The Morgan fingerprint density at radius 2 is 2.05 bits per heavy atom. The van der Waals surface area contributed by atoms with Crippen LogP contribution in [0.5, 0.6) is 0 Å². The molecule has 3 heteroatoms. The van der Waals surface area contributed by atoms with Crippen LogP contribution in [0, 0.1) is 11.7 Å². The molecule has 1 saturated carbocycles. The average molecular weight is 288 g/mol. The van der Waals surface area contributed by atoms with Gasteiger partial charge in [0, 0.05) is 25.2 Å². The third-order valence-electron chi connectivity index (χ3n) is 5.43. The van der Waals surface area contributed by atoms with E-state index in [2.05, 4.69) is 16.3 Å². The third-order valence-corrected chi connectivity index (χ3v) is 5.43. The summed E-state index contributed by atoms with van der Waals surface area (Å²) in [6, 6.07) is 6.73. The molecule has 0 amide bonds.